The highest BCUT2D eigenvalue weighted by Crippen LogP contribution is 2.23. The minimum Gasteiger partial charge on any atom is -0.463 e. The first-order valence-corrected chi connectivity index (χ1v) is 7.02. The molecule has 0 aliphatic carbocycles. The first-order valence-electron chi connectivity index (χ1n) is 3.99. The molecule has 0 aromatic carbocycles. The van der Waals surface area contributed by atoms with Crippen molar-refractivity contribution in [3.63, 3.8) is 0 Å². The van der Waals surface area contributed by atoms with Crippen LogP contribution in [0.15, 0.2) is 0 Å². The van der Waals surface area contributed by atoms with Gasteiger partial charge in [0.25, 0.3) is 10.0 Å². The molecule has 1 unspecified atom stereocenters. The quantitative estimate of drug-likeness (QED) is 0.547. The number of ether oxygens (including phenoxy) is 1. The van der Waals surface area contributed by atoms with Crippen LogP contribution in [0, 0.1) is 0 Å². The van der Waals surface area contributed by atoms with Gasteiger partial charge in [-0.05, 0) is 6.92 Å². The first kappa shape index (κ1) is 17.1. The molecule has 7 nitrogen and oxygen atoms in total. The Balaban J connectivity index is 5.17. The molecule has 0 heterocycles. The Morgan fingerprint density at radius 2 is 1.72 bits per heavy atom. The van der Waals surface area contributed by atoms with Gasteiger partial charge in [0.15, 0.2) is 0 Å². The molecule has 13 heteroatoms. The molecule has 0 bridgehead atoms. The van der Waals surface area contributed by atoms with Crippen molar-refractivity contribution in [1.82, 2.24) is 4.13 Å². The number of carbonyl (C=O) groups excluding carboxylic acids is 1. The van der Waals surface area contributed by atoms with Crippen LogP contribution in [0.4, 0.5) is 17.6 Å². The number of rotatable bonds is 5. The van der Waals surface area contributed by atoms with Gasteiger partial charge in [-0.25, -0.2) is 26.0 Å². The molecule has 1 atom stereocenters. The van der Waals surface area contributed by atoms with Gasteiger partial charge in [0.2, 0.25) is 0 Å². The molecule has 18 heavy (non-hydrogen) atoms. The molecule has 0 rings (SSSR count). The summed E-state index contributed by atoms with van der Waals surface area (Å²) in [6.45, 7) is 0.734. The predicted molar refractivity (Wildman–Crippen MR) is 48.6 cm³/mol. The van der Waals surface area contributed by atoms with E-state index in [0.717, 1.165) is 0 Å². The van der Waals surface area contributed by atoms with Crippen LogP contribution >= 0.6 is 0 Å². The molecule has 0 aliphatic rings. The fraction of sp³-hybridized carbons (Fsp3) is 0.800. The topological polar surface area (TPSA) is 107 Å². The number of halogens is 4. The van der Waals surface area contributed by atoms with Gasteiger partial charge in [0.1, 0.15) is 0 Å². The summed E-state index contributed by atoms with van der Waals surface area (Å²) < 4.78 is 94.9. The van der Waals surface area contributed by atoms with Crippen LogP contribution in [-0.2, 0) is 29.6 Å². The Hall–Kier alpha value is -0.950. The average molecular weight is 317 g/mol. The van der Waals surface area contributed by atoms with E-state index >= 15 is 0 Å². The van der Waals surface area contributed by atoms with E-state index in [4.69, 9.17) is 0 Å². The highest BCUT2D eigenvalue weighted by atomic mass is 32.3. The molecule has 0 spiro atoms. The van der Waals surface area contributed by atoms with Crippen molar-refractivity contribution < 1.29 is 43.9 Å². The fourth-order valence-corrected chi connectivity index (χ4v) is 2.84. The largest absolute Gasteiger partial charge is 0.512 e. The van der Waals surface area contributed by atoms with E-state index in [9.17, 15) is 39.2 Å². The van der Waals surface area contributed by atoms with Crippen LogP contribution in [-0.4, -0.2) is 40.4 Å². The Morgan fingerprint density at radius 3 is 2.06 bits per heavy atom. The number of nitrogens with one attached hydrogen (secondary N) is 1. The highest BCUT2D eigenvalue weighted by Gasteiger charge is 2.50. The van der Waals surface area contributed by atoms with E-state index in [0.29, 0.717) is 0 Å². The standard InChI is InChI=1S/C5H7F4NO6S2/c1-2-16-4(11)3(6)17(12,13)10-18(14,15)5(7,8)9/h3,10H,2H2,1H3. The third-order valence-corrected chi connectivity index (χ3v) is 4.43. The van der Waals surface area contributed by atoms with Gasteiger partial charge in [0.05, 0.1) is 6.61 Å². The van der Waals surface area contributed by atoms with E-state index in [1.54, 1.807) is 0 Å². The van der Waals surface area contributed by atoms with Crippen molar-refractivity contribution in [3.8, 4) is 0 Å². The second kappa shape index (κ2) is 5.36. The van der Waals surface area contributed by atoms with Crippen LogP contribution in [0.3, 0.4) is 0 Å². The lowest BCUT2D eigenvalue weighted by atomic mass is 10.7. The number of hydrogen-bond acceptors (Lipinski definition) is 6. The van der Waals surface area contributed by atoms with Crippen molar-refractivity contribution in [2.75, 3.05) is 6.61 Å². The molecule has 0 saturated carbocycles. The van der Waals surface area contributed by atoms with Gasteiger partial charge >= 0.3 is 27.0 Å². The van der Waals surface area contributed by atoms with Gasteiger partial charge in [0, 0.05) is 0 Å². The zero-order valence-electron chi connectivity index (χ0n) is 8.56. The van der Waals surface area contributed by atoms with Crippen LogP contribution in [0.2, 0.25) is 0 Å². The number of hydrogen-bond donors (Lipinski definition) is 1. The number of alkyl halides is 4. The number of carbonyl (C=O) groups is 1. The number of esters is 1. The van der Waals surface area contributed by atoms with Crippen molar-refractivity contribution in [2.24, 2.45) is 0 Å². The van der Waals surface area contributed by atoms with Gasteiger partial charge in [-0.3, -0.25) is 0 Å². The van der Waals surface area contributed by atoms with Crippen LogP contribution in [0.25, 0.3) is 0 Å². The predicted octanol–water partition coefficient (Wildman–Crippen LogP) is -0.386. The average Bonchev–Trinajstić information content (AvgIpc) is 2.13. The molecule has 0 aliphatic heterocycles. The summed E-state index contributed by atoms with van der Waals surface area (Å²) in [5.41, 5.74) is -9.55. The van der Waals surface area contributed by atoms with E-state index in [-0.39, 0.29) is 4.13 Å². The Labute approximate surface area is 99.2 Å². The molecule has 108 valence electrons. The summed E-state index contributed by atoms with van der Waals surface area (Å²) in [6, 6.07) is 0. The van der Waals surface area contributed by atoms with E-state index in [1.165, 1.54) is 6.92 Å². The minimum absolute atomic E-state index is 0.0553. The Kier molecular flexibility index (Phi) is 5.07. The van der Waals surface area contributed by atoms with Crippen molar-refractivity contribution in [1.29, 1.82) is 0 Å². The lowest BCUT2D eigenvalue weighted by molar-refractivity contribution is -0.145. The summed E-state index contributed by atoms with van der Waals surface area (Å²) in [6.07, 6.45) is 0. The molecular formula is C5H7F4NO6S2. The molecule has 0 amide bonds. The molecule has 1 N–H and O–H groups in total. The summed E-state index contributed by atoms with van der Waals surface area (Å²) in [4.78, 5) is 10.6. The van der Waals surface area contributed by atoms with E-state index in [1.807, 2.05) is 0 Å². The summed E-state index contributed by atoms with van der Waals surface area (Å²) in [7, 11) is -12.1. The van der Waals surface area contributed by atoms with Crippen molar-refractivity contribution in [2.45, 2.75) is 17.9 Å². The molecule has 0 aromatic heterocycles. The molecular weight excluding hydrogens is 310 g/mol. The highest BCUT2D eigenvalue weighted by molar-refractivity contribution is 8.05. The summed E-state index contributed by atoms with van der Waals surface area (Å²) >= 11 is 0. The fourth-order valence-electron chi connectivity index (χ4n) is 0.577. The second-order valence-electron chi connectivity index (χ2n) is 2.65. The van der Waals surface area contributed by atoms with Gasteiger partial charge in [-0.1, -0.05) is 4.13 Å². The molecule has 0 aromatic rings. The van der Waals surface area contributed by atoms with Gasteiger partial charge in [-0.2, -0.15) is 13.2 Å². The lowest BCUT2D eigenvalue weighted by Gasteiger charge is -2.12. The van der Waals surface area contributed by atoms with Crippen LogP contribution < -0.4 is 4.13 Å². The van der Waals surface area contributed by atoms with Gasteiger partial charge < -0.3 is 4.74 Å². The van der Waals surface area contributed by atoms with Crippen molar-refractivity contribution in [3.05, 3.63) is 0 Å². The third-order valence-electron chi connectivity index (χ3n) is 1.27. The Bertz CT molecular complexity index is 509. The number of sulfonamides is 2. The molecule has 0 radical (unpaired) electrons. The normalized spacial score (nSPS) is 15.2. The maximum absolute atomic E-state index is 12.9. The smallest absolute Gasteiger partial charge is 0.463 e. The molecule has 0 saturated heterocycles. The SMILES string of the molecule is CCOC(=O)C(F)S(=O)(=O)NS(=O)(=O)C(F)(F)F. The monoisotopic (exact) mass is 317 g/mol. The Morgan fingerprint density at radius 1 is 1.28 bits per heavy atom. The van der Waals surface area contributed by atoms with Crippen LogP contribution in [0.1, 0.15) is 6.92 Å². The van der Waals surface area contributed by atoms with Gasteiger partial charge in [-0.15, -0.1) is 0 Å². The summed E-state index contributed by atoms with van der Waals surface area (Å²) in [5.74, 6) is -2.03. The summed E-state index contributed by atoms with van der Waals surface area (Å²) in [5, 5.41) is 0. The van der Waals surface area contributed by atoms with E-state index < -0.39 is 43.6 Å². The third kappa shape index (κ3) is 4.06. The van der Waals surface area contributed by atoms with E-state index in [2.05, 4.69) is 4.74 Å². The lowest BCUT2D eigenvalue weighted by Crippen LogP contribution is -2.45. The van der Waals surface area contributed by atoms with Crippen molar-refractivity contribution >= 4 is 26.0 Å². The zero-order chi connectivity index (χ0) is 14.8. The van der Waals surface area contributed by atoms with Crippen LogP contribution in [0.5, 0.6) is 0 Å². The first-order chi connectivity index (χ1) is 7.85. The zero-order valence-corrected chi connectivity index (χ0v) is 10.2. The molecule has 0 fully saturated rings. The maximum atomic E-state index is 12.9. The maximum Gasteiger partial charge on any atom is 0.512 e. The minimum atomic E-state index is -6.33. The second-order valence-corrected chi connectivity index (χ2v) is 6.29.